The van der Waals surface area contributed by atoms with E-state index in [1.54, 1.807) is 37.5 Å². The number of halogens is 1. The Balaban J connectivity index is 1.73. The second kappa shape index (κ2) is 11.8. The summed E-state index contributed by atoms with van der Waals surface area (Å²) in [5.41, 5.74) is 2.21. The van der Waals surface area contributed by atoms with Crippen LogP contribution in [-0.2, 0) is 9.53 Å². The summed E-state index contributed by atoms with van der Waals surface area (Å²) in [7, 11) is 0. The van der Waals surface area contributed by atoms with Crippen LogP contribution < -0.4 is 19.6 Å². The molecule has 206 valence electrons. The largest absolute Gasteiger partial charge is 0.493 e. The van der Waals surface area contributed by atoms with Crippen LogP contribution in [0, 0.1) is 0 Å². The zero-order chi connectivity index (χ0) is 28.4. The highest BCUT2D eigenvalue weighted by Gasteiger charge is 2.33. The topological polar surface area (TPSA) is 69.9 Å². The summed E-state index contributed by atoms with van der Waals surface area (Å²) in [6, 6.07) is 18.5. The molecule has 0 saturated heterocycles. The fourth-order valence-electron chi connectivity index (χ4n) is 4.83. The van der Waals surface area contributed by atoms with Crippen LogP contribution in [-0.4, -0.2) is 23.2 Å². The maximum absolute atomic E-state index is 14.1. The van der Waals surface area contributed by atoms with Crippen LogP contribution in [0.4, 0.5) is 0 Å². The Kier molecular flexibility index (Phi) is 8.24. The van der Waals surface area contributed by atoms with E-state index < -0.39 is 12.0 Å². The number of benzene rings is 3. The van der Waals surface area contributed by atoms with Crippen molar-refractivity contribution in [3.05, 3.63) is 108 Å². The molecule has 1 aliphatic rings. The fourth-order valence-corrected chi connectivity index (χ4v) is 5.98. The third-order valence-electron chi connectivity index (χ3n) is 6.73. The van der Waals surface area contributed by atoms with E-state index in [1.807, 2.05) is 54.6 Å². The third-order valence-corrected chi connectivity index (χ3v) is 7.97. The van der Waals surface area contributed by atoms with Gasteiger partial charge in [0.25, 0.3) is 5.56 Å². The van der Waals surface area contributed by atoms with Crippen molar-refractivity contribution in [2.24, 2.45) is 4.99 Å². The van der Waals surface area contributed by atoms with Crippen molar-refractivity contribution in [2.75, 3.05) is 6.61 Å². The predicted molar refractivity (Wildman–Crippen MR) is 161 cm³/mol. The molecule has 0 spiro atoms. The number of fused-ring (bicyclic) bond motifs is 2. The molecule has 2 heterocycles. The maximum Gasteiger partial charge on any atom is 0.338 e. The lowest BCUT2D eigenvalue weighted by Gasteiger charge is -2.25. The number of thiazole rings is 1. The van der Waals surface area contributed by atoms with Crippen LogP contribution in [0.1, 0.15) is 57.7 Å². The molecule has 0 aliphatic carbocycles. The van der Waals surface area contributed by atoms with Gasteiger partial charge >= 0.3 is 5.97 Å². The molecule has 1 aliphatic heterocycles. The van der Waals surface area contributed by atoms with Gasteiger partial charge in [-0.2, -0.15) is 0 Å². The number of rotatable bonds is 8. The van der Waals surface area contributed by atoms with Gasteiger partial charge in [-0.25, -0.2) is 9.79 Å². The Bertz CT molecular complexity index is 1780. The zero-order valence-electron chi connectivity index (χ0n) is 22.9. The standard InChI is InChI=1S/C32H31ClN2O4S/c1-5-6-17-38-26-16-13-21-9-7-8-10-24(21)25(26)18-27-30(36)35-29(22-11-14-23(33)15-12-22)28(31(37)39-19(2)3)20(4)34-32(35)40-27/h7-16,18-19,29H,5-6,17H2,1-4H3. The normalized spacial score (nSPS) is 15.3. The Morgan fingerprint density at radius 2 is 1.88 bits per heavy atom. The lowest BCUT2D eigenvalue weighted by Crippen LogP contribution is -2.40. The molecule has 8 heteroatoms. The number of carbonyl (C=O) groups excluding carboxylic acids is 1. The first-order valence-corrected chi connectivity index (χ1v) is 14.6. The van der Waals surface area contributed by atoms with Crippen molar-refractivity contribution in [2.45, 2.75) is 52.7 Å². The minimum Gasteiger partial charge on any atom is -0.493 e. The van der Waals surface area contributed by atoms with Gasteiger partial charge in [0.05, 0.1) is 34.6 Å². The molecule has 6 nitrogen and oxygen atoms in total. The first-order valence-electron chi connectivity index (χ1n) is 13.4. The molecule has 0 bridgehead atoms. The van der Waals surface area contributed by atoms with Crippen molar-refractivity contribution < 1.29 is 14.3 Å². The molecule has 0 saturated carbocycles. The van der Waals surface area contributed by atoms with Crippen molar-refractivity contribution in [3.63, 3.8) is 0 Å². The third kappa shape index (κ3) is 5.49. The van der Waals surface area contributed by atoms with Gasteiger partial charge in [0, 0.05) is 10.6 Å². The molecular formula is C32H31ClN2O4S. The van der Waals surface area contributed by atoms with Crippen LogP contribution in [0.25, 0.3) is 16.8 Å². The van der Waals surface area contributed by atoms with Gasteiger partial charge < -0.3 is 9.47 Å². The van der Waals surface area contributed by atoms with Crippen molar-refractivity contribution in [3.8, 4) is 5.75 Å². The minimum atomic E-state index is -0.699. The molecule has 4 aromatic rings. The number of esters is 1. The van der Waals surface area contributed by atoms with Crippen LogP contribution in [0.15, 0.2) is 81.7 Å². The molecule has 5 rings (SSSR count). The maximum atomic E-state index is 14.1. The number of nitrogens with zero attached hydrogens (tertiary/aromatic N) is 2. The van der Waals surface area contributed by atoms with E-state index >= 15 is 0 Å². The van der Waals surface area contributed by atoms with Gasteiger partial charge in [0.1, 0.15) is 5.75 Å². The van der Waals surface area contributed by atoms with E-state index in [0.29, 0.717) is 32.2 Å². The second-order valence-electron chi connectivity index (χ2n) is 9.99. The number of hydrogen-bond acceptors (Lipinski definition) is 6. The van der Waals surface area contributed by atoms with E-state index in [0.717, 1.165) is 40.5 Å². The second-order valence-corrected chi connectivity index (χ2v) is 11.4. The molecule has 1 atom stereocenters. The van der Waals surface area contributed by atoms with E-state index in [9.17, 15) is 9.59 Å². The van der Waals surface area contributed by atoms with Gasteiger partial charge in [-0.05, 0) is 67.8 Å². The monoisotopic (exact) mass is 574 g/mol. The summed E-state index contributed by atoms with van der Waals surface area (Å²) in [6.45, 7) is 8.08. The summed E-state index contributed by atoms with van der Waals surface area (Å²) < 4.78 is 13.8. The molecule has 1 unspecified atom stereocenters. The quantitative estimate of drug-likeness (QED) is 0.186. The van der Waals surface area contributed by atoms with E-state index in [4.69, 9.17) is 26.1 Å². The smallest absolute Gasteiger partial charge is 0.338 e. The lowest BCUT2D eigenvalue weighted by molar-refractivity contribution is -0.143. The van der Waals surface area contributed by atoms with Crippen molar-refractivity contribution in [1.29, 1.82) is 0 Å². The molecule has 0 amide bonds. The van der Waals surface area contributed by atoms with Crippen molar-refractivity contribution in [1.82, 2.24) is 4.57 Å². The SMILES string of the molecule is CCCCOc1ccc2ccccc2c1C=c1sc2n(c1=O)C(c1ccc(Cl)cc1)C(C(=O)OC(C)C)=C(C)N=2. The van der Waals surface area contributed by atoms with Gasteiger partial charge in [-0.1, -0.05) is 78.7 Å². The highest BCUT2D eigenvalue weighted by atomic mass is 35.5. The molecule has 3 aromatic carbocycles. The summed E-state index contributed by atoms with van der Waals surface area (Å²) in [5.74, 6) is 0.232. The summed E-state index contributed by atoms with van der Waals surface area (Å²) in [6.07, 6.45) is 3.52. The van der Waals surface area contributed by atoms with E-state index in [2.05, 4.69) is 6.92 Å². The van der Waals surface area contributed by atoms with E-state index in [1.165, 1.54) is 11.3 Å². The first-order chi connectivity index (χ1) is 19.3. The molecule has 0 fully saturated rings. The van der Waals surface area contributed by atoms with Crippen molar-refractivity contribution >= 4 is 45.8 Å². The number of carbonyl (C=O) groups is 1. The Hall–Kier alpha value is -3.68. The highest BCUT2D eigenvalue weighted by Crippen LogP contribution is 2.32. The van der Waals surface area contributed by atoms with Gasteiger partial charge in [0.2, 0.25) is 0 Å². The Morgan fingerprint density at radius 3 is 2.60 bits per heavy atom. The molecule has 0 N–H and O–H groups in total. The Morgan fingerprint density at radius 1 is 1.12 bits per heavy atom. The number of aromatic nitrogens is 1. The van der Waals surface area contributed by atoms with Crippen LogP contribution in [0.2, 0.25) is 5.02 Å². The highest BCUT2D eigenvalue weighted by molar-refractivity contribution is 7.07. The minimum absolute atomic E-state index is 0.238. The zero-order valence-corrected chi connectivity index (χ0v) is 24.5. The van der Waals surface area contributed by atoms with Crippen LogP contribution in [0.5, 0.6) is 5.75 Å². The van der Waals surface area contributed by atoms with Crippen LogP contribution >= 0.6 is 22.9 Å². The summed E-state index contributed by atoms with van der Waals surface area (Å²) in [4.78, 5) is 32.6. The summed E-state index contributed by atoms with van der Waals surface area (Å²) >= 11 is 7.47. The number of allylic oxidation sites excluding steroid dienone is 1. The fraction of sp³-hybridized carbons (Fsp3) is 0.281. The van der Waals surface area contributed by atoms with Gasteiger partial charge in [-0.15, -0.1) is 0 Å². The predicted octanol–water partition coefficient (Wildman–Crippen LogP) is 6.17. The van der Waals surface area contributed by atoms with Gasteiger partial charge in [-0.3, -0.25) is 9.36 Å². The average molecular weight is 575 g/mol. The molecule has 40 heavy (non-hydrogen) atoms. The first kappa shape index (κ1) is 27.9. The molecule has 0 radical (unpaired) electrons. The number of unbranched alkanes of at least 4 members (excludes halogenated alkanes) is 1. The van der Waals surface area contributed by atoms with Crippen LogP contribution in [0.3, 0.4) is 0 Å². The Labute approximate surface area is 241 Å². The van der Waals surface area contributed by atoms with Gasteiger partial charge in [0.15, 0.2) is 4.80 Å². The lowest BCUT2D eigenvalue weighted by atomic mass is 9.96. The van der Waals surface area contributed by atoms with E-state index in [-0.39, 0.29) is 11.7 Å². The number of ether oxygens (including phenoxy) is 2. The summed E-state index contributed by atoms with van der Waals surface area (Å²) in [5, 5.41) is 2.61. The number of hydrogen-bond donors (Lipinski definition) is 0. The molecular weight excluding hydrogens is 544 g/mol. The molecule has 1 aromatic heterocycles. The average Bonchev–Trinajstić information content (AvgIpc) is 3.23.